The minimum absolute atomic E-state index is 0.582. The molecule has 18 heavy (non-hydrogen) atoms. The summed E-state index contributed by atoms with van der Waals surface area (Å²) < 4.78 is 5.28. The minimum Gasteiger partial charge on any atom is -0.483 e. The fourth-order valence-electron chi connectivity index (χ4n) is 2.89. The molecular weight excluding hydrogens is 222 g/mol. The molecule has 0 N–H and O–H groups in total. The molecule has 1 aliphatic heterocycles. The zero-order chi connectivity index (χ0) is 13.1. The van der Waals surface area contributed by atoms with E-state index in [1.54, 1.807) is 7.11 Å². The molecule has 1 heterocycles. The van der Waals surface area contributed by atoms with Crippen molar-refractivity contribution in [1.29, 1.82) is 0 Å². The molecule has 2 heteroatoms. The number of hydrogen-bond donors (Lipinski definition) is 0. The van der Waals surface area contributed by atoms with Gasteiger partial charge in [0.25, 0.3) is 0 Å². The first kappa shape index (κ1) is 13.0. The monoisotopic (exact) mass is 245 g/mol. The Morgan fingerprint density at radius 3 is 2.50 bits per heavy atom. The highest BCUT2D eigenvalue weighted by Gasteiger charge is 2.36. The van der Waals surface area contributed by atoms with Crippen LogP contribution in [0.15, 0.2) is 42.8 Å². The van der Waals surface area contributed by atoms with Crippen LogP contribution in [0.25, 0.3) is 0 Å². The highest BCUT2D eigenvalue weighted by Crippen LogP contribution is 2.38. The molecule has 0 aliphatic carbocycles. The molecule has 0 saturated carbocycles. The van der Waals surface area contributed by atoms with Crippen LogP contribution in [-0.2, 0) is 4.74 Å². The second-order valence-corrected chi connectivity index (χ2v) is 5.43. The van der Waals surface area contributed by atoms with Crippen molar-refractivity contribution in [2.45, 2.75) is 19.8 Å². The molecule has 0 bridgehead atoms. The van der Waals surface area contributed by atoms with E-state index in [-0.39, 0.29) is 0 Å². The summed E-state index contributed by atoms with van der Waals surface area (Å²) in [4.78, 5) is 2.27. The van der Waals surface area contributed by atoms with Crippen molar-refractivity contribution in [3.63, 3.8) is 0 Å². The average molecular weight is 245 g/mol. The average Bonchev–Trinajstić information content (AvgIpc) is 2.84. The van der Waals surface area contributed by atoms with Crippen LogP contribution >= 0.6 is 0 Å². The van der Waals surface area contributed by atoms with Gasteiger partial charge in [-0.15, -0.1) is 0 Å². The maximum atomic E-state index is 5.28. The van der Waals surface area contributed by atoms with Crippen molar-refractivity contribution in [3.05, 3.63) is 48.4 Å². The quantitative estimate of drug-likeness (QED) is 0.753. The summed E-state index contributed by atoms with van der Waals surface area (Å²) in [7, 11) is 1.70. The van der Waals surface area contributed by atoms with Crippen LogP contribution in [-0.4, -0.2) is 25.1 Å². The number of likely N-dealkylation sites (tertiary alicyclic amines) is 1. The predicted octanol–water partition coefficient (Wildman–Crippen LogP) is 3.48. The summed E-state index contributed by atoms with van der Waals surface area (Å²) in [6, 6.07) is 10.8. The topological polar surface area (TPSA) is 12.5 Å². The number of rotatable bonds is 4. The summed E-state index contributed by atoms with van der Waals surface area (Å²) in [6.45, 7) is 10.7. The largest absolute Gasteiger partial charge is 0.483 e. The lowest BCUT2D eigenvalue weighted by Gasteiger charge is -2.21. The van der Waals surface area contributed by atoms with Crippen LogP contribution in [0.4, 0.5) is 0 Å². The first-order valence-electron chi connectivity index (χ1n) is 6.66. The van der Waals surface area contributed by atoms with Gasteiger partial charge in [0.2, 0.25) is 0 Å². The Bertz CT molecular complexity index is 399. The summed E-state index contributed by atoms with van der Waals surface area (Å²) >= 11 is 0. The van der Waals surface area contributed by atoms with Gasteiger partial charge in [0.05, 0.1) is 7.11 Å². The minimum atomic E-state index is 0.582. The van der Waals surface area contributed by atoms with E-state index >= 15 is 0 Å². The first-order valence-corrected chi connectivity index (χ1v) is 6.66. The third-order valence-corrected chi connectivity index (χ3v) is 4.04. The molecular formula is C16H23NO. The number of benzene rings is 1. The van der Waals surface area contributed by atoms with Gasteiger partial charge in [-0.05, 0) is 24.0 Å². The van der Waals surface area contributed by atoms with Gasteiger partial charge >= 0.3 is 0 Å². The van der Waals surface area contributed by atoms with E-state index in [0.29, 0.717) is 17.8 Å². The van der Waals surface area contributed by atoms with Gasteiger partial charge in [0.1, 0.15) is 0 Å². The number of hydrogen-bond acceptors (Lipinski definition) is 2. The third-order valence-electron chi connectivity index (χ3n) is 4.04. The highest BCUT2D eigenvalue weighted by molar-refractivity contribution is 5.23. The molecule has 0 amide bonds. The first-order chi connectivity index (χ1) is 8.63. The molecule has 1 aromatic carbocycles. The Morgan fingerprint density at radius 1 is 1.28 bits per heavy atom. The van der Waals surface area contributed by atoms with Crippen LogP contribution < -0.4 is 0 Å². The fraction of sp³-hybridized carbons (Fsp3) is 0.500. The Kier molecular flexibility index (Phi) is 3.95. The van der Waals surface area contributed by atoms with Gasteiger partial charge in [-0.25, -0.2) is 0 Å². The standard InChI is InChI=1S/C16H23NO/c1-12(2)15-10-17(13(3)18-4)11-16(15)14-8-6-5-7-9-14/h5-9,12,15-16H,3,10-11H2,1-2,4H3/t15-,16-/m1/s1. The molecule has 1 saturated heterocycles. The van der Waals surface area contributed by atoms with Crippen molar-refractivity contribution < 1.29 is 4.74 Å². The molecule has 1 aliphatic rings. The van der Waals surface area contributed by atoms with E-state index in [1.165, 1.54) is 5.56 Å². The maximum absolute atomic E-state index is 5.28. The van der Waals surface area contributed by atoms with Gasteiger partial charge in [0, 0.05) is 19.0 Å². The molecule has 1 fully saturated rings. The summed E-state index contributed by atoms with van der Waals surface area (Å²) in [5.41, 5.74) is 1.43. The Labute approximate surface area is 110 Å². The summed E-state index contributed by atoms with van der Waals surface area (Å²) in [6.07, 6.45) is 0. The number of ether oxygens (including phenoxy) is 1. The van der Waals surface area contributed by atoms with Gasteiger partial charge in [-0.2, -0.15) is 0 Å². The van der Waals surface area contributed by atoms with Crippen molar-refractivity contribution >= 4 is 0 Å². The SMILES string of the molecule is C=C(OC)N1C[C@H](c2ccccc2)[C@@H](C(C)C)C1. The van der Waals surface area contributed by atoms with E-state index in [2.05, 4.69) is 55.7 Å². The number of methoxy groups -OCH3 is 1. The third kappa shape index (κ3) is 2.53. The fourth-order valence-corrected chi connectivity index (χ4v) is 2.89. The van der Waals surface area contributed by atoms with Gasteiger partial charge in [-0.1, -0.05) is 44.2 Å². The van der Waals surface area contributed by atoms with E-state index in [4.69, 9.17) is 4.74 Å². The second-order valence-electron chi connectivity index (χ2n) is 5.43. The van der Waals surface area contributed by atoms with Crippen molar-refractivity contribution in [1.82, 2.24) is 4.90 Å². The Morgan fingerprint density at radius 2 is 1.94 bits per heavy atom. The van der Waals surface area contributed by atoms with Gasteiger partial charge < -0.3 is 9.64 Å². The molecule has 1 aromatic rings. The van der Waals surface area contributed by atoms with Crippen LogP contribution in [0, 0.1) is 11.8 Å². The van der Waals surface area contributed by atoms with Gasteiger partial charge in [-0.3, -0.25) is 0 Å². The molecule has 2 rings (SSSR count). The highest BCUT2D eigenvalue weighted by atomic mass is 16.5. The van der Waals surface area contributed by atoms with Crippen molar-refractivity contribution in [2.24, 2.45) is 11.8 Å². The second kappa shape index (κ2) is 5.47. The molecule has 0 aromatic heterocycles. The van der Waals surface area contributed by atoms with Crippen molar-refractivity contribution in [3.8, 4) is 0 Å². The molecule has 0 spiro atoms. The molecule has 2 nitrogen and oxygen atoms in total. The van der Waals surface area contributed by atoms with Crippen LogP contribution in [0.3, 0.4) is 0 Å². The van der Waals surface area contributed by atoms with Gasteiger partial charge in [0.15, 0.2) is 5.88 Å². The zero-order valence-corrected chi connectivity index (χ0v) is 11.6. The lowest BCUT2D eigenvalue weighted by molar-refractivity contribution is 0.169. The smallest absolute Gasteiger partial charge is 0.181 e. The van der Waals surface area contributed by atoms with Crippen LogP contribution in [0.2, 0.25) is 0 Å². The van der Waals surface area contributed by atoms with E-state index in [1.807, 2.05) is 0 Å². The van der Waals surface area contributed by atoms with E-state index in [9.17, 15) is 0 Å². The lowest BCUT2D eigenvalue weighted by Crippen LogP contribution is -2.21. The molecule has 0 unspecified atom stereocenters. The normalized spacial score (nSPS) is 23.4. The summed E-state index contributed by atoms with van der Waals surface area (Å²) in [5.74, 6) is 2.71. The van der Waals surface area contributed by atoms with E-state index < -0.39 is 0 Å². The van der Waals surface area contributed by atoms with Crippen LogP contribution in [0.1, 0.15) is 25.3 Å². The Hall–Kier alpha value is -1.44. The molecule has 0 radical (unpaired) electrons. The van der Waals surface area contributed by atoms with Crippen LogP contribution in [0.5, 0.6) is 0 Å². The number of nitrogens with zero attached hydrogens (tertiary/aromatic N) is 1. The van der Waals surface area contributed by atoms with Crippen molar-refractivity contribution in [2.75, 3.05) is 20.2 Å². The lowest BCUT2D eigenvalue weighted by atomic mass is 9.82. The Balaban J connectivity index is 2.20. The predicted molar refractivity (Wildman–Crippen MR) is 75.2 cm³/mol. The summed E-state index contributed by atoms with van der Waals surface area (Å²) in [5, 5.41) is 0. The molecule has 2 atom stereocenters. The zero-order valence-electron chi connectivity index (χ0n) is 11.6. The maximum Gasteiger partial charge on any atom is 0.181 e. The van der Waals surface area contributed by atoms with E-state index in [0.717, 1.165) is 19.0 Å². The molecule has 98 valence electrons.